The first kappa shape index (κ1) is 12.1. The summed E-state index contributed by atoms with van der Waals surface area (Å²) in [6, 6.07) is 9.54. The van der Waals surface area contributed by atoms with Crippen molar-refractivity contribution >= 4 is 5.91 Å². The first-order chi connectivity index (χ1) is 8.22. The van der Waals surface area contributed by atoms with E-state index in [2.05, 4.69) is 17.2 Å². The molecule has 1 aliphatic heterocycles. The van der Waals surface area contributed by atoms with Gasteiger partial charge in [-0.1, -0.05) is 37.3 Å². The Morgan fingerprint density at radius 1 is 1.47 bits per heavy atom. The number of hydrogen-bond acceptors (Lipinski definition) is 3. The van der Waals surface area contributed by atoms with E-state index in [1.807, 2.05) is 30.3 Å². The zero-order chi connectivity index (χ0) is 12.3. The molecular formula is C13H19N3O. The zero-order valence-electron chi connectivity index (χ0n) is 10.1. The molecule has 1 fully saturated rings. The Morgan fingerprint density at radius 3 is 2.71 bits per heavy atom. The van der Waals surface area contributed by atoms with E-state index in [0.29, 0.717) is 5.92 Å². The number of nitrogens with zero attached hydrogens (tertiary/aromatic N) is 1. The summed E-state index contributed by atoms with van der Waals surface area (Å²) < 4.78 is 0. The third kappa shape index (κ3) is 2.65. The number of hydrogen-bond donors (Lipinski definition) is 2. The number of amides is 1. The largest absolute Gasteiger partial charge is 0.293 e. The molecule has 0 radical (unpaired) electrons. The quantitative estimate of drug-likeness (QED) is 0.466. The van der Waals surface area contributed by atoms with Crippen molar-refractivity contribution < 1.29 is 4.79 Å². The Kier molecular flexibility index (Phi) is 3.76. The van der Waals surface area contributed by atoms with Crippen LogP contribution < -0.4 is 11.3 Å². The SMILES string of the molecule is CC1CCN(C(C(=O)NN)c2ccccc2)C1. The summed E-state index contributed by atoms with van der Waals surface area (Å²) in [6.45, 7) is 4.11. The molecule has 1 aromatic rings. The van der Waals surface area contributed by atoms with E-state index in [9.17, 15) is 4.79 Å². The monoisotopic (exact) mass is 233 g/mol. The lowest BCUT2D eigenvalue weighted by molar-refractivity contribution is -0.126. The van der Waals surface area contributed by atoms with Gasteiger partial charge in [0, 0.05) is 6.54 Å². The third-order valence-electron chi connectivity index (χ3n) is 3.33. The summed E-state index contributed by atoms with van der Waals surface area (Å²) in [5.41, 5.74) is 3.28. The highest BCUT2D eigenvalue weighted by molar-refractivity contribution is 5.82. The van der Waals surface area contributed by atoms with E-state index >= 15 is 0 Å². The fraction of sp³-hybridized carbons (Fsp3) is 0.462. The van der Waals surface area contributed by atoms with Crippen LogP contribution in [-0.2, 0) is 4.79 Å². The van der Waals surface area contributed by atoms with Crippen LogP contribution >= 0.6 is 0 Å². The van der Waals surface area contributed by atoms with Crippen LogP contribution in [0.25, 0.3) is 0 Å². The minimum Gasteiger partial charge on any atom is -0.293 e. The molecule has 2 atom stereocenters. The number of carbonyl (C=O) groups excluding carboxylic acids is 1. The minimum absolute atomic E-state index is 0.134. The second-order valence-electron chi connectivity index (χ2n) is 4.71. The molecule has 1 aromatic carbocycles. The lowest BCUT2D eigenvalue weighted by Gasteiger charge is -2.26. The van der Waals surface area contributed by atoms with Gasteiger partial charge >= 0.3 is 0 Å². The van der Waals surface area contributed by atoms with E-state index < -0.39 is 0 Å². The molecule has 0 bridgehead atoms. The second kappa shape index (κ2) is 5.29. The maximum atomic E-state index is 11.9. The maximum Gasteiger partial charge on any atom is 0.255 e. The van der Waals surface area contributed by atoms with Crippen molar-refractivity contribution in [2.75, 3.05) is 13.1 Å². The number of nitrogens with one attached hydrogen (secondary N) is 1. The Hall–Kier alpha value is -1.39. The Balaban J connectivity index is 2.23. The molecule has 17 heavy (non-hydrogen) atoms. The third-order valence-corrected chi connectivity index (χ3v) is 3.33. The van der Waals surface area contributed by atoms with E-state index in [-0.39, 0.29) is 11.9 Å². The molecule has 3 N–H and O–H groups in total. The van der Waals surface area contributed by atoms with Gasteiger partial charge in [0.05, 0.1) is 0 Å². The molecule has 4 heteroatoms. The Labute approximate surface area is 102 Å². The van der Waals surface area contributed by atoms with Gasteiger partial charge in [0.1, 0.15) is 6.04 Å². The molecule has 0 saturated carbocycles. The molecule has 2 rings (SSSR count). The second-order valence-corrected chi connectivity index (χ2v) is 4.71. The molecule has 0 aromatic heterocycles. The molecule has 1 saturated heterocycles. The smallest absolute Gasteiger partial charge is 0.255 e. The number of rotatable bonds is 3. The van der Waals surface area contributed by atoms with Gasteiger partial charge in [0.25, 0.3) is 5.91 Å². The molecule has 4 nitrogen and oxygen atoms in total. The number of likely N-dealkylation sites (tertiary alicyclic amines) is 1. The number of nitrogens with two attached hydrogens (primary N) is 1. The van der Waals surface area contributed by atoms with Gasteiger partial charge < -0.3 is 0 Å². The summed E-state index contributed by atoms with van der Waals surface area (Å²) in [5.74, 6) is 5.80. The predicted molar refractivity (Wildman–Crippen MR) is 66.9 cm³/mol. The van der Waals surface area contributed by atoms with Crippen molar-refractivity contribution in [3.05, 3.63) is 35.9 Å². The maximum absolute atomic E-state index is 11.9. The van der Waals surface area contributed by atoms with Crippen molar-refractivity contribution in [2.45, 2.75) is 19.4 Å². The molecule has 1 amide bonds. The van der Waals surface area contributed by atoms with E-state index in [4.69, 9.17) is 5.84 Å². The lowest BCUT2D eigenvalue weighted by Crippen LogP contribution is -2.42. The number of hydrazine groups is 1. The molecule has 0 aliphatic carbocycles. The highest BCUT2D eigenvalue weighted by Gasteiger charge is 2.31. The van der Waals surface area contributed by atoms with Crippen LogP contribution in [0.2, 0.25) is 0 Å². The van der Waals surface area contributed by atoms with Crippen molar-refractivity contribution in [1.29, 1.82) is 0 Å². The van der Waals surface area contributed by atoms with Gasteiger partial charge in [0.2, 0.25) is 0 Å². The molecular weight excluding hydrogens is 214 g/mol. The van der Waals surface area contributed by atoms with E-state index in [1.54, 1.807) is 0 Å². The van der Waals surface area contributed by atoms with E-state index in [1.165, 1.54) is 0 Å². The van der Waals surface area contributed by atoms with Crippen LogP contribution in [0.15, 0.2) is 30.3 Å². The van der Waals surface area contributed by atoms with Crippen molar-refractivity contribution in [3.63, 3.8) is 0 Å². The first-order valence-electron chi connectivity index (χ1n) is 6.02. The topological polar surface area (TPSA) is 58.4 Å². The summed E-state index contributed by atoms with van der Waals surface area (Å²) in [4.78, 5) is 14.1. The fourth-order valence-corrected chi connectivity index (χ4v) is 2.45. The van der Waals surface area contributed by atoms with Gasteiger partial charge in [-0.05, 0) is 24.4 Å². The van der Waals surface area contributed by atoms with Crippen LogP contribution in [0.1, 0.15) is 24.9 Å². The minimum atomic E-state index is -0.258. The Morgan fingerprint density at radius 2 is 2.18 bits per heavy atom. The van der Waals surface area contributed by atoms with Gasteiger partial charge in [-0.2, -0.15) is 0 Å². The van der Waals surface area contributed by atoms with Gasteiger partial charge in [-0.15, -0.1) is 0 Å². The number of carbonyl (C=O) groups is 1. The van der Waals surface area contributed by atoms with Crippen molar-refractivity contribution in [1.82, 2.24) is 10.3 Å². The zero-order valence-corrected chi connectivity index (χ0v) is 10.1. The van der Waals surface area contributed by atoms with Crippen LogP contribution in [-0.4, -0.2) is 23.9 Å². The highest BCUT2D eigenvalue weighted by Crippen LogP contribution is 2.27. The normalized spacial score (nSPS) is 22.4. The van der Waals surface area contributed by atoms with Crippen molar-refractivity contribution in [3.8, 4) is 0 Å². The highest BCUT2D eigenvalue weighted by atomic mass is 16.2. The molecule has 92 valence electrons. The van der Waals surface area contributed by atoms with Crippen LogP contribution in [0.3, 0.4) is 0 Å². The average molecular weight is 233 g/mol. The molecule has 1 aliphatic rings. The van der Waals surface area contributed by atoms with Gasteiger partial charge in [-0.3, -0.25) is 15.1 Å². The number of benzene rings is 1. The summed E-state index contributed by atoms with van der Waals surface area (Å²) in [6.07, 6.45) is 1.14. The van der Waals surface area contributed by atoms with E-state index in [0.717, 1.165) is 25.1 Å². The standard InChI is InChI=1S/C13H19N3O/c1-10-7-8-16(9-10)12(13(17)15-14)11-5-3-2-4-6-11/h2-6,10,12H,7-9,14H2,1H3,(H,15,17). The fourth-order valence-electron chi connectivity index (χ4n) is 2.45. The van der Waals surface area contributed by atoms with Crippen LogP contribution in [0, 0.1) is 5.92 Å². The van der Waals surface area contributed by atoms with Gasteiger partial charge in [0.15, 0.2) is 0 Å². The van der Waals surface area contributed by atoms with Gasteiger partial charge in [-0.25, -0.2) is 5.84 Å². The summed E-state index contributed by atoms with van der Waals surface area (Å²) >= 11 is 0. The molecule has 1 heterocycles. The Bertz CT molecular complexity index is 380. The van der Waals surface area contributed by atoms with Crippen LogP contribution in [0.5, 0.6) is 0 Å². The van der Waals surface area contributed by atoms with Crippen molar-refractivity contribution in [2.24, 2.45) is 11.8 Å². The molecule has 0 spiro atoms. The average Bonchev–Trinajstić information content (AvgIpc) is 2.77. The summed E-state index contributed by atoms with van der Waals surface area (Å²) in [7, 11) is 0. The molecule has 2 unspecified atom stereocenters. The summed E-state index contributed by atoms with van der Waals surface area (Å²) in [5, 5.41) is 0. The van der Waals surface area contributed by atoms with Crippen LogP contribution in [0.4, 0.5) is 0 Å². The first-order valence-corrected chi connectivity index (χ1v) is 6.02. The lowest BCUT2D eigenvalue weighted by atomic mass is 10.1. The predicted octanol–water partition coefficient (Wildman–Crippen LogP) is 1.06.